The topological polar surface area (TPSA) is 83.6 Å². The number of allylic oxidation sites excluding steroid dienone is 3. The summed E-state index contributed by atoms with van der Waals surface area (Å²) in [5.74, 6) is -6.89. The second-order valence-electron chi connectivity index (χ2n) is 4.95. The van der Waals surface area contributed by atoms with E-state index in [9.17, 15) is 23.6 Å². The Kier molecular flexibility index (Phi) is 2.60. The molecule has 3 aliphatic rings. The number of rotatable bonds is 1. The smallest absolute Gasteiger partial charge is 0.285 e. The Labute approximate surface area is 113 Å². The van der Waals surface area contributed by atoms with Gasteiger partial charge in [-0.1, -0.05) is 18.2 Å². The fraction of sp³-hybridized carbons (Fsp3) is 0.385. The average molecular weight is 278 g/mol. The van der Waals surface area contributed by atoms with Crippen LogP contribution in [0.2, 0.25) is 0 Å². The second kappa shape index (κ2) is 4.09. The minimum atomic E-state index is -2.78. The van der Waals surface area contributed by atoms with Crippen molar-refractivity contribution >= 4 is 23.6 Å². The Morgan fingerprint density at radius 3 is 2.70 bits per heavy atom. The van der Waals surface area contributed by atoms with Crippen molar-refractivity contribution in [1.82, 2.24) is 10.2 Å². The van der Waals surface area contributed by atoms with Gasteiger partial charge in [0, 0.05) is 18.4 Å². The van der Waals surface area contributed by atoms with Gasteiger partial charge in [0.25, 0.3) is 17.6 Å². The van der Waals surface area contributed by atoms with Gasteiger partial charge in [0.2, 0.25) is 11.8 Å². The molecule has 2 saturated heterocycles. The summed E-state index contributed by atoms with van der Waals surface area (Å²) in [4.78, 5) is 47.6. The molecule has 1 aliphatic carbocycles. The summed E-state index contributed by atoms with van der Waals surface area (Å²) in [5, 5.41) is 1.84. The molecular formula is C13H11FN2O4. The van der Waals surface area contributed by atoms with E-state index in [2.05, 4.69) is 0 Å². The van der Waals surface area contributed by atoms with Gasteiger partial charge >= 0.3 is 0 Å². The Balaban J connectivity index is 1.99. The van der Waals surface area contributed by atoms with E-state index in [1.165, 1.54) is 6.08 Å². The standard InChI is InChI=1S/C13H11FN2O4/c14-13(6-5-9(17)15-12(13)20)16-10(18)7-3-1-2-4-8(7)11(16)19/h1-3,8H,4-6H2,(H,15,17,20). The lowest BCUT2D eigenvalue weighted by Gasteiger charge is -2.34. The highest BCUT2D eigenvalue weighted by Gasteiger charge is 2.58. The average Bonchev–Trinajstić information content (AvgIpc) is 2.68. The molecule has 0 aromatic carbocycles. The van der Waals surface area contributed by atoms with E-state index in [0.29, 0.717) is 11.3 Å². The molecule has 0 radical (unpaired) electrons. The second-order valence-corrected chi connectivity index (χ2v) is 4.95. The monoisotopic (exact) mass is 278 g/mol. The number of likely N-dealkylation sites (tertiary alicyclic amines) is 1. The number of carbonyl (C=O) groups is 4. The number of hydrogen-bond donors (Lipinski definition) is 1. The molecule has 4 amide bonds. The molecule has 2 aliphatic heterocycles. The number of hydrogen-bond acceptors (Lipinski definition) is 4. The fourth-order valence-electron chi connectivity index (χ4n) is 2.70. The highest BCUT2D eigenvalue weighted by molar-refractivity contribution is 6.18. The van der Waals surface area contributed by atoms with Gasteiger partial charge in [0.05, 0.1) is 5.92 Å². The van der Waals surface area contributed by atoms with Crippen molar-refractivity contribution < 1.29 is 23.6 Å². The summed E-state index contributed by atoms with van der Waals surface area (Å²) < 4.78 is 14.9. The van der Waals surface area contributed by atoms with Crippen LogP contribution < -0.4 is 5.32 Å². The van der Waals surface area contributed by atoms with E-state index in [1.807, 2.05) is 5.32 Å². The molecule has 6 nitrogen and oxygen atoms in total. The molecule has 3 rings (SSSR count). The molecular weight excluding hydrogens is 267 g/mol. The van der Waals surface area contributed by atoms with Crippen LogP contribution in [-0.4, -0.2) is 34.3 Å². The maximum Gasteiger partial charge on any atom is 0.285 e. The first-order valence-corrected chi connectivity index (χ1v) is 6.23. The van der Waals surface area contributed by atoms with Gasteiger partial charge in [-0.3, -0.25) is 24.5 Å². The lowest BCUT2D eigenvalue weighted by molar-refractivity contribution is -0.171. The first-order valence-electron chi connectivity index (χ1n) is 6.23. The molecule has 0 aromatic heterocycles. The summed E-state index contributed by atoms with van der Waals surface area (Å²) >= 11 is 0. The van der Waals surface area contributed by atoms with Crippen molar-refractivity contribution in [3.8, 4) is 0 Å². The van der Waals surface area contributed by atoms with Gasteiger partial charge in [-0.05, 0) is 6.42 Å². The van der Waals surface area contributed by atoms with Crippen molar-refractivity contribution in [3.63, 3.8) is 0 Å². The number of alkyl halides is 1. The molecule has 0 spiro atoms. The van der Waals surface area contributed by atoms with E-state index in [0.717, 1.165) is 0 Å². The van der Waals surface area contributed by atoms with Crippen LogP contribution in [0.25, 0.3) is 0 Å². The van der Waals surface area contributed by atoms with E-state index in [-0.39, 0.29) is 12.0 Å². The lowest BCUT2D eigenvalue weighted by Crippen LogP contribution is -2.62. The largest absolute Gasteiger partial charge is 0.292 e. The summed E-state index contributed by atoms with van der Waals surface area (Å²) in [7, 11) is 0. The first-order chi connectivity index (χ1) is 9.45. The van der Waals surface area contributed by atoms with Crippen molar-refractivity contribution in [2.24, 2.45) is 5.92 Å². The summed E-state index contributed by atoms with van der Waals surface area (Å²) in [6.45, 7) is 0. The van der Waals surface area contributed by atoms with E-state index < -0.39 is 41.8 Å². The number of fused-ring (bicyclic) bond motifs is 1. The Hall–Kier alpha value is -2.31. The van der Waals surface area contributed by atoms with Gasteiger partial charge in [-0.15, -0.1) is 0 Å². The molecule has 0 bridgehead atoms. The van der Waals surface area contributed by atoms with Crippen LogP contribution in [0.15, 0.2) is 23.8 Å². The predicted molar refractivity (Wildman–Crippen MR) is 63.4 cm³/mol. The molecule has 2 heterocycles. The lowest BCUT2D eigenvalue weighted by atomic mass is 9.94. The molecule has 2 atom stereocenters. The quantitative estimate of drug-likeness (QED) is 0.539. The van der Waals surface area contributed by atoms with Crippen LogP contribution in [0, 0.1) is 5.92 Å². The molecule has 2 fully saturated rings. The molecule has 1 N–H and O–H groups in total. The van der Waals surface area contributed by atoms with E-state index in [4.69, 9.17) is 0 Å². The number of carbonyl (C=O) groups excluding carboxylic acids is 4. The van der Waals surface area contributed by atoms with Crippen molar-refractivity contribution in [1.29, 1.82) is 0 Å². The van der Waals surface area contributed by atoms with Gasteiger partial charge < -0.3 is 0 Å². The zero-order valence-electron chi connectivity index (χ0n) is 10.4. The summed E-state index contributed by atoms with van der Waals surface area (Å²) in [6, 6.07) is 0. The molecule has 7 heteroatoms. The zero-order chi connectivity index (χ0) is 14.5. The summed E-state index contributed by atoms with van der Waals surface area (Å²) in [6.07, 6.45) is 4.35. The SMILES string of the molecule is O=C1CCC(F)(N2C(=O)C3=CC=CCC3C2=O)C(=O)N1. The maximum atomic E-state index is 14.9. The fourth-order valence-corrected chi connectivity index (χ4v) is 2.70. The van der Waals surface area contributed by atoms with Crippen LogP contribution in [0.5, 0.6) is 0 Å². The minimum Gasteiger partial charge on any atom is -0.292 e. The van der Waals surface area contributed by atoms with Gasteiger partial charge in [-0.25, -0.2) is 9.29 Å². The Morgan fingerprint density at radius 2 is 2.05 bits per heavy atom. The Morgan fingerprint density at radius 1 is 1.30 bits per heavy atom. The highest BCUT2D eigenvalue weighted by Crippen LogP contribution is 2.39. The van der Waals surface area contributed by atoms with Crippen molar-refractivity contribution in [2.75, 3.05) is 0 Å². The highest BCUT2D eigenvalue weighted by atomic mass is 19.1. The number of piperidine rings is 1. The maximum absolute atomic E-state index is 14.9. The van der Waals surface area contributed by atoms with Crippen molar-refractivity contribution in [2.45, 2.75) is 25.1 Å². The third-order valence-electron chi connectivity index (χ3n) is 3.77. The third-order valence-corrected chi connectivity index (χ3v) is 3.77. The van der Waals surface area contributed by atoms with Crippen LogP contribution >= 0.6 is 0 Å². The number of amides is 4. The number of nitrogens with one attached hydrogen (secondary N) is 1. The summed E-state index contributed by atoms with van der Waals surface area (Å²) in [5.41, 5.74) is 0.194. The van der Waals surface area contributed by atoms with Crippen LogP contribution in [-0.2, 0) is 19.2 Å². The molecule has 20 heavy (non-hydrogen) atoms. The van der Waals surface area contributed by atoms with E-state index in [1.54, 1.807) is 12.2 Å². The van der Waals surface area contributed by atoms with Gasteiger partial charge in [0.15, 0.2) is 0 Å². The number of halogens is 1. The van der Waals surface area contributed by atoms with Crippen LogP contribution in [0.4, 0.5) is 4.39 Å². The predicted octanol–water partition coefficient (Wildman–Crippen LogP) is -0.0399. The first kappa shape index (κ1) is 12.7. The van der Waals surface area contributed by atoms with Crippen LogP contribution in [0.1, 0.15) is 19.3 Å². The number of imide groups is 2. The van der Waals surface area contributed by atoms with Gasteiger partial charge in [-0.2, -0.15) is 0 Å². The van der Waals surface area contributed by atoms with E-state index >= 15 is 0 Å². The molecule has 0 saturated carbocycles. The van der Waals surface area contributed by atoms with Gasteiger partial charge in [0.1, 0.15) is 0 Å². The van der Waals surface area contributed by atoms with Crippen LogP contribution in [0.3, 0.4) is 0 Å². The third kappa shape index (κ3) is 1.55. The molecule has 104 valence electrons. The zero-order valence-corrected chi connectivity index (χ0v) is 10.4. The normalized spacial score (nSPS) is 33.1. The minimum absolute atomic E-state index is 0.194. The Bertz CT molecular complexity index is 609. The molecule has 2 unspecified atom stereocenters. The molecule has 0 aromatic rings. The van der Waals surface area contributed by atoms with Crippen molar-refractivity contribution in [3.05, 3.63) is 23.8 Å². The number of nitrogens with zero attached hydrogens (tertiary/aromatic N) is 1.